The molecule has 2 aromatic carbocycles. The first-order valence-corrected chi connectivity index (χ1v) is 22.0. The number of rotatable bonds is 11. The van der Waals surface area contributed by atoms with Gasteiger partial charge < -0.3 is 32.8 Å². The topological polar surface area (TPSA) is 267 Å². The van der Waals surface area contributed by atoms with Crippen molar-refractivity contribution in [2.45, 2.75) is 38.8 Å². The van der Waals surface area contributed by atoms with E-state index in [-0.39, 0.29) is 54.1 Å². The second-order valence-electron chi connectivity index (χ2n) is 15.1. The third-order valence-corrected chi connectivity index (χ3v) is 11.7. The van der Waals surface area contributed by atoms with Crippen molar-refractivity contribution in [3.05, 3.63) is 155 Å². The highest BCUT2D eigenvalue weighted by Crippen LogP contribution is 2.39. The van der Waals surface area contributed by atoms with Crippen molar-refractivity contribution in [1.82, 2.24) is 38.7 Å². The number of hydrogen-bond donors (Lipinski definition) is 2. The van der Waals surface area contributed by atoms with Crippen LogP contribution < -0.4 is 43.1 Å². The van der Waals surface area contributed by atoms with E-state index in [1.807, 2.05) is 9.97 Å². The van der Waals surface area contributed by atoms with Crippen molar-refractivity contribution in [3.8, 4) is 40.4 Å². The van der Waals surface area contributed by atoms with Crippen molar-refractivity contribution >= 4 is 52.4 Å². The molecule has 2 fully saturated rings. The lowest BCUT2D eigenvalue weighted by molar-refractivity contribution is 0.0588. The zero-order valence-corrected chi connectivity index (χ0v) is 38.6. The maximum Gasteiger partial charge on any atom is 0.364 e. The molecule has 354 valence electrons. The molecule has 0 bridgehead atoms. The maximum absolute atomic E-state index is 12.3. The van der Waals surface area contributed by atoms with Gasteiger partial charge in [0.25, 0.3) is 22.2 Å². The number of nitrogens with one attached hydrogen (secondary N) is 2. The number of nitriles is 1. The summed E-state index contributed by atoms with van der Waals surface area (Å²) >= 11 is 25.4. The second kappa shape index (κ2) is 21.9. The summed E-state index contributed by atoms with van der Waals surface area (Å²) in [6.45, 7) is 3.76. The summed E-state index contributed by atoms with van der Waals surface area (Å²) in [7, 11) is 1.07. The van der Waals surface area contributed by atoms with Gasteiger partial charge in [-0.3, -0.25) is 29.1 Å². The Morgan fingerprint density at radius 1 is 0.676 bits per heavy atom. The van der Waals surface area contributed by atoms with Gasteiger partial charge in [-0.2, -0.15) is 19.7 Å². The molecule has 4 aromatic heterocycles. The number of aromatic nitrogens is 8. The predicted molar refractivity (Wildman–Crippen MR) is 246 cm³/mol. The van der Waals surface area contributed by atoms with Crippen molar-refractivity contribution in [2.24, 2.45) is 11.8 Å². The third kappa shape index (κ3) is 11.6. The molecule has 68 heavy (non-hydrogen) atoms. The molecule has 2 aliphatic heterocycles. The van der Waals surface area contributed by atoms with E-state index in [2.05, 4.69) is 14.9 Å². The number of esters is 1. The SMILES string of the molecule is COC(=O)c1nn(-c2cc(Cl)c(Oc3ccc(=O)n(CC4CCOCC4)c3)c(Cl)c2)c(=O)[nH]c1=O.N#Cc1nn(-c2cc(Cl)c(Oc3ccc(=O)n(CC4CCOCC4)c3)c(Cl)c2)c(=O)[nH]c1=O. The number of aromatic amines is 2. The van der Waals surface area contributed by atoms with E-state index >= 15 is 0 Å². The summed E-state index contributed by atoms with van der Waals surface area (Å²) in [6, 6.07) is 12.8. The van der Waals surface area contributed by atoms with Crippen molar-refractivity contribution in [2.75, 3.05) is 33.5 Å². The van der Waals surface area contributed by atoms with Gasteiger partial charge in [0, 0.05) is 64.0 Å². The number of halogens is 4. The van der Waals surface area contributed by atoms with Crippen LogP contribution in [0.5, 0.6) is 23.0 Å². The molecular weight excluding hydrogens is 976 g/mol. The molecule has 6 aromatic rings. The highest BCUT2D eigenvalue weighted by atomic mass is 35.5. The van der Waals surface area contributed by atoms with E-state index in [1.165, 1.54) is 48.5 Å². The number of pyridine rings is 2. The standard InChI is InChI=1S/C22H20Cl2N4O7.C21H17Cl2N5O5/c1-33-21(31)18-20(30)25-22(32)28(26-18)13-8-15(23)19(16(24)9-13)35-14-2-3-17(29)27(11-14)10-12-4-6-34-7-5-12;22-15-7-13(28-21(31)25-20(30)17(9-24)26-28)8-16(23)19(15)33-14-1-2-18(29)27(11-14)10-12-3-5-32-6-4-12/h2-3,8-9,11-12H,4-7,10H2,1H3,(H,25,30,32);1-2,7-8,11-12H,3-6,10H2,(H,25,30,31). The zero-order valence-electron chi connectivity index (χ0n) is 35.5. The van der Waals surface area contributed by atoms with E-state index in [9.17, 15) is 33.6 Å². The van der Waals surface area contributed by atoms with E-state index in [0.29, 0.717) is 62.9 Å². The van der Waals surface area contributed by atoms with Crippen LogP contribution in [0.25, 0.3) is 11.4 Å². The Kier molecular flexibility index (Phi) is 15.8. The first-order chi connectivity index (χ1) is 32.6. The summed E-state index contributed by atoms with van der Waals surface area (Å²) in [4.78, 5) is 88.2. The number of benzene rings is 2. The molecule has 0 unspecified atom stereocenters. The fourth-order valence-corrected chi connectivity index (χ4v) is 8.17. The minimum atomic E-state index is -1.02. The summed E-state index contributed by atoms with van der Waals surface area (Å²) in [5.74, 6) is 0.508. The van der Waals surface area contributed by atoms with Crippen molar-refractivity contribution in [3.63, 3.8) is 0 Å². The Morgan fingerprint density at radius 3 is 1.50 bits per heavy atom. The minimum Gasteiger partial charge on any atom is -0.464 e. The molecule has 21 nitrogen and oxygen atoms in total. The molecular formula is C43H37Cl4N9O12. The van der Waals surface area contributed by atoms with Crippen LogP contribution in [0.4, 0.5) is 0 Å². The molecule has 0 atom stereocenters. The third-order valence-electron chi connectivity index (χ3n) is 10.5. The average molecular weight is 1010 g/mol. The summed E-state index contributed by atoms with van der Waals surface area (Å²) in [5.41, 5.74) is -4.90. The number of methoxy groups -OCH3 is 1. The first kappa shape index (κ1) is 49.1. The van der Waals surface area contributed by atoms with Crippen LogP contribution in [0.15, 0.2) is 89.7 Å². The Morgan fingerprint density at radius 2 is 1.09 bits per heavy atom. The van der Waals surface area contributed by atoms with Crippen LogP contribution in [0.1, 0.15) is 41.9 Å². The molecule has 0 saturated carbocycles. The zero-order chi connectivity index (χ0) is 48.6. The van der Waals surface area contributed by atoms with Gasteiger partial charge in [0.05, 0.1) is 38.6 Å². The van der Waals surface area contributed by atoms with Crippen LogP contribution in [0.2, 0.25) is 20.1 Å². The Bertz CT molecular complexity index is 3250. The first-order valence-electron chi connectivity index (χ1n) is 20.5. The van der Waals surface area contributed by atoms with E-state index in [4.69, 9.17) is 70.6 Å². The fraction of sp³-hybridized carbons (Fsp3) is 0.302. The number of nitrogens with zero attached hydrogens (tertiary/aromatic N) is 7. The van der Waals surface area contributed by atoms with E-state index < -0.39 is 39.9 Å². The maximum atomic E-state index is 12.3. The minimum absolute atomic E-state index is 0.0224. The van der Waals surface area contributed by atoms with Gasteiger partial charge in [-0.25, -0.2) is 14.4 Å². The van der Waals surface area contributed by atoms with Crippen LogP contribution in [-0.2, 0) is 27.3 Å². The Hall–Kier alpha value is -6.80. The molecule has 6 heterocycles. The quantitative estimate of drug-likeness (QED) is 0.164. The lowest BCUT2D eigenvalue weighted by atomic mass is 10.0. The van der Waals surface area contributed by atoms with Gasteiger partial charge in [-0.1, -0.05) is 46.4 Å². The van der Waals surface area contributed by atoms with Gasteiger partial charge in [0.2, 0.25) is 11.4 Å². The Labute approximate surface area is 402 Å². The molecule has 2 N–H and O–H groups in total. The highest BCUT2D eigenvalue weighted by molar-refractivity contribution is 6.38. The number of ether oxygens (including phenoxy) is 5. The molecule has 8 rings (SSSR count). The summed E-state index contributed by atoms with van der Waals surface area (Å²) in [6.07, 6.45) is 6.66. The largest absolute Gasteiger partial charge is 0.464 e. The summed E-state index contributed by atoms with van der Waals surface area (Å²) in [5, 5.41) is 16.6. The molecule has 2 saturated heterocycles. The van der Waals surface area contributed by atoms with Gasteiger partial charge >= 0.3 is 17.3 Å². The number of carbonyl (C=O) groups excluding carboxylic acids is 1. The van der Waals surface area contributed by atoms with E-state index in [1.54, 1.807) is 27.6 Å². The fourth-order valence-electron chi connectivity index (χ4n) is 7.06. The average Bonchev–Trinajstić information content (AvgIpc) is 3.31. The number of H-pyrrole nitrogens is 2. The van der Waals surface area contributed by atoms with Gasteiger partial charge in [-0.15, -0.1) is 5.10 Å². The molecule has 2 aliphatic rings. The van der Waals surface area contributed by atoms with Crippen molar-refractivity contribution < 1.29 is 28.5 Å². The highest BCUT2D eigenvalue weighted by Gasteiger charge is 2.21. The lowest BCUT2D eigenvalue weighted by Crippen LogP contribution is -2.36. The monoisotopic (exact) mass is 1010 g/mol. The predicted octanol–water partition coefficient (Wildman–Crippen LogP) is 4.87. The van der Waals surface area contributed by atoms with Crippen molar-refractivity contribution in [1.29, 1.82) is 5.26 Å². The normalized spacial score (nSPS) is 14.1. The van der Waals surface area contributed by atoms with Crippen LogP contribution >= 0.6 is 46.4 Å². The van der Waals surface area contributed by atoms with Crippen LogP contribution in [0, 0.1) is 23.2 Å². The molecule has 0 aliphatic carbocycles. The van der Waals surface area contributed by atoms with Gasteiger partial charge in [0.15, 0.2) is 11.5 Å². The number of hydrogen-bond acceptors (Lipinski definition) is 15. The Balaban J connectivity index is 0.000000202. The van der Waals surface area contributed by atoms with Crippen LogP contribution in [-0.4, -0.2) is 78.2 Å². The van der Waals surface area contributed by atoms with Gasteiger partial charge in [-0.05, 0) is 73.9 Å². The molecule has 25 heteroatoms. The van der Waals surface area contributed by atoms with Gasteiger partial charge in [0.1, 0.15) is 17.6 Å². The molecule has 0 amide bonds. The van der Waals surface area contributed by atoms with Crippen LogP contribution in [0.3, 0.4) is 0 Å². The molecule has 0 spiro atoms. The molecule has 0 radical (unpaired) electrons. The number of carbonyl (C=O) groups is 1. The summed E-state index contributed by atoms with van der Waals surface area (Å²) < 4.78 is 31.6. The second-order valence-corrected chi connectivity index (χ2v) is 16.8. The van der Waals surface area contributed by atoms with E-state index in [0.717, 1.165) is 42.2 Å². The smallest absolute Gasteiger partial charge is 0.364 e. The lowest BCUT2D eigenvalue weighted by Gasteiger charge is -2.23.